The highest BCUT2D eigenvalue weighted by molar-refractivity contribution is 7.92. The Hall–Kier alpha value is -1.86. The van der Waals surface area contributed by atoms with Crippen molar-refractivity contribution in [1.29, 1.82) is 0 Å². The zero-order chi connectivity index (χ0) is 15.0. The molecule has 0 saturated carbocycles. The fourth-order valence-electron chi connectivity index (χ4n) is 2.05. The second kappa shape index (κ2) is 5.16. The first-order chi connectivity index (χ1) is 9.95. The summed E-state index contributed by atoms with van der Waals surface area (Å²) in [5.41, 5.74) is 1.57. The van der Waals surface area contributed by atoms with Crippen LogP contribution in [0.2, 0.25) is 0 Å². The lowest BCUT2D eigenvalue weighted by molar-refractivity contribution is 0.599. The van der Waals surface area contributed by atoms with Gasteiger partial charge in [-0.15, -0.1) is 15.7 Å². The molecule has 5 nitrogen and oxygen atoms in total. The maximum atomic E-state index is 12.3. The predicted octanol–water partition coefficient (Wildman–Crippen LogP) is 2.88. The quantitative estimate of drug-likeness (QED) is 0.892. The standard InChI is InChI=1S/C14H15N3O2S2/c1-9(2)15-14-16-11-8-12(10-6-4-3-5-7-10)20-13(11)21(18,19)17-14/h3-9H,1-2H3,(H2,15,16,17). The summed E-state index contributed by atoms with van der Waals surface area (Å²) in [7, 11) is -3.64. The molecular formula is C14H15N3O2S2. The zero-order valence-corrected chi connectivity index (χ0v) is 13.3. The molecule has 0 aliphatic carbocycles. The van der Waals surface area contributed by atoms with Crippen molar-refractivity contribution in [2.45, 2.75) is 24.1 Å². The van der Waals surface area contributed by atoms with Crippen molar-refractivity contribution >= 4 is 33.0 Å². The van der Waals surface area contributed by atoms with Gasteiger partial charge in [-0.05, 0) is 25.5 Å². The van der Waals surface area contributed by atoms with E-state index in [1.54, 1.807) is 0 Å². The van der Waals surface area contributed by atoms with Gasteiger partial charge in [0, 0.05) is 10.9 Å². The van der Waals surface area contributed by atoms with Crippen molar-refractivity contribution < 1.29 is 8.42 Å². The third-order valence-electron chi connectivity index (χ3n) is 2.88. The van der Waals surface area contributed by atoms with Crippen molar-refractivity contribution in [1.82, 2.24) is 5.32 Å². The number of hydrogen-bond acceptors (Lipinski definition) is 5. The molecule has 110 valence electrons. The molecule has 7 heteroatoms. The molecule has 2 heterocycles. The fraction of sp³-hybridized carbons (Fsp3) is 0.214. The summed E-state index contributed by atoms with van der Waals surface area (Å²) in [5, 5.41) is 6.04. The van der Waals surface area contributed by atoms with E-state index in [9.17, 15) is 8.42 Å². The molecule has 1 aromatic carbocycles. The summed E-state index contributed by atoms with van der Waals surface area (Å²) >= 11 is 1.23. The highest BCUT2D eigenvalue weighted by Crippen LogP contribution is 2.40. The second-order valence-corrected chi connectivity index (χ2v) is 7.87. The third-order valence-corrected chi connectivity index (χ3v) is 5.85. The van der Waals surface area contributed by atoms with E-state index in [0.29, 0.717) is 5.69 Å². The number of thiophene rings is 1. The Kier molecular flexibility index (Phi) is 3.46. The maximum Gasteiger partial charge on any atom is 0.297 e. The topological polar surface area (TPSA) is 70.6 Å². The molecule has 21 heavy (non-hydrogen) atoms. The predicted molar refractivity (Wildman–Crippen MR) is 86.3 cm³/mol. The summed E-state index contributed by atoms with van der Waals surface area (Å²) in [6.45, 7) is 3.85. The molecule has 0 radical (unpaired) electrons. The average molecular weight is 321 g/mol. The molecule has 0 bridgehead atoms. The fourth-order valence-corrected chi connectivity index (χ4v) is 4.51. The Morgan fingerprint density at radius 3 is 2.62 bits per heavy atom. The minimum atomic E-state index is -3.64. The van der Waals surface area contributed by atoms with Crippen LogP contribution in [0, 0.1) is 0 Å². The number of nitrogens with zero attached hydrogens (tertiary/aromatic N) is 1. The van der Waals surface area contributed by atoms with Crippen molar-refractivity contribution in [2.75, 3.05) is 5.32 Å². The Balaban J connectivity index is 2.02. The van der Waals surface area contributed by atoms with Gasteiger partial charge in [-0.25, -0.2) is 0 Å². The van der Waals surface area contributed by atoms with Gasteiger partial charge < -0.3 is 10.6 Å². The van der Waals surface area contributed by atoms with Gasteiger partial charge in [-0.1, -0.05) is 30.3 Å². The summed E-state index contributed by atoms with van der Waals surface area (Å²) in [5.74, 6) is 0.273. The lowest BCUT2D eigenvalue weighted by atomic mass is 10.2. The second-order valence-electron chi connectivity index (χ2n) is 5.02. The normalized spacial score (nSPS) is 16.0. The van der Waals surface area contributed by atoms with E-state index < -0.39 is 10.0 Å². The van der Waals surface area contributed by atoms with Crippen LogP contribution in [0.4, 0.5) is 5.69 Å². The van der Waals surface area contributed by atoms with Crippen molar-refractivity contribution in [3.05, 3.63) is 36.4 Å². The van der Waals surface area contributed by atoms with E-state index in [1.165, 1.54) is 11.3 Å². The molecule has 0 unspecified atom stereocenters. The van der Waals surface area contributed by atoms with Crippen LogP contribution in [0.15, 0.2) is 45.0 Å². The number of fused-ring (bicyclic) bond motifs is 1. The third kappa shape index (κ3) is 2.79. The first kappa shape index (κ1) is 14.1. The van der Waals surface area contributed by atoms with Gasteiger partial charge in [0.25, 0.3) is 10.0 Å². The average Bonchev–Trinajstić information content (AvgIpc) is 2.83. The van der Waals surface area contributed by atoms with Crippen LogP contribution in [0.1, 0.15) is 13.8 Å². The summed E-state index contributed by atoms with van der Waals surface area (Å²) in [6, 6.07) is 11.6. The van der Waals surface area contributed by atoms with Gasteiger partial charge >= 0.3 is 0 Å². The summed E-state index contributed by atoms with van der Waals surface area (Å²) in [4.78, 5) is 0.901. The van der Waals surface area contributed by atoms with Gasteiger partial charge in [0.05, 0.1) is 5.69 Å². The molecule has 2 aromatic rings. The molecule has 0 atom stereocenters. The number of rotatable bonds is 2. The largest absolute Gasteiger partial charge is 0.353 e. The van der Waals surface area contributed by atoms with E-state index in [4.69, 9.17) is 0 Å². The van der Waals surface area contributed by atoms with Gasteiger partial charge in [0.15, 0.2) is 4.21 Å². The molecule has 0 fully saturated rings. The van der Waals surface area contributed by atoms with E-state index >= 15 is 0 Å². The van der Waals surface area contributed by atoms with Gasteiger partial charge in [0.1, 0.15) is 0 Å². The lowest BCUT2D eigenvalue weighted by Crippen LogP contribution is -2.38. The minimum Gasteiger partial charge on any atom is -0.353 e. The summed E-state index contributed by atoms with van der Waals surface area (Å²) in [6.07, 6.45) is 0. The molecule has 3 rings (SSSR count). The highest BCUT2D eigenvalue weighted by atomic mass is 32.2. The molecule has 0 spiro atoms. The van der Waals surface area contributed by atoms with Crippen molar-refractivity contribution in [3.63, 3.8) is 0 Å². The van der Waals surface area contributed by atoms with Gasteiger partial charge in [0.2, 0.25) is 5.96 Å². The van der Waals surface area contributed by atoms with E-state index in [0.717, 1.165) is 10.4 Å². The lowest BCUT2D eigenvalue weighted by Gasteiger charge is -2.17. The molecule has 0 amide bonds. The Morgan fingerprint density at radius 1 is 1.24 bits per heavy atom. The number of anilines is 1. The number of nitrogens with one attached hydrogen (secondary N) is 2. The molecular weight excluding hydrogens is 306 g/mol. The van der Waals surface area contributed by atoms with Crippen LogP contribution in [-0.4, -0.2) is 20.4 Å². The molecule has 0 saturated heterocycles. The number of benzene rings is 1. The zero-order valence-electron chi connectivity index (χ0n) is 11.6. The van der Waals surface area contributed by atoms with Crippen LogP contribution >= 0.6 is 11.3 Å². The SMILES string of the molecule is CC(C)NC1=NS(=O)(=O)c2sc(-c3ccccc3)cc2N1. The van der Waals surface area contributed by atoms with Crippen LogP contribution in [0.25, 0.3) is 10.4 Å². The Morgan fingerprint density at radius 2 is 1.95 bits per heavy atom. The highest BCUT2D eigenvalue weighted by Gasteiger charge is 2.28. The Labute approximate surface area is 127 Å². The van der Waals surface area contributed by atoms with Gasteiger partial charge in [-0.3, -0.25) is 0 Å². The monoisotopic (exact) mass is 321 g/mol. The summed E-state index contributed by atoms with van der Waals surface area (Å²) < 4.78 is 28.5. The molecule has 2 N–H and O–H groups in total. The van der Waals surface area contributed by atoms with Crippen LogP contribution in [-0.2, 0) is 10.0 Å². The van der Waals surface area contributed by atoms with Crippen LogP contribution in [0.5, 0.6) is 0 Å². The first-order valence-corrected chi connectivity index (χ1v) is 8.79. The van der Waals surface area contributed by atoms with E-state index in [-0.39, 0.29) is 16.2 Å². The Bertz CT molecular complexity index is 793. The van der Waals surface area contributed by atoms with Crippen LogP contribution in [0.3, 0.4) is 0 Å². The van der Waals surface area contributed by atoms with E-state index in [2.05, 4.69) is 15.0 Å². The molecule has 1 aromatic heterocycles. The van der Waals surface area contributed by atoms with Crippen molar-refractivity contribution in [3.8, 4) is 10.4 Å². The molecule has 1 aliphatic heterocycles. The van der Waals surface area contributed by atoms with E-state index in [1.807, 2.05) is 50.2 Å². The maximum absolute atomic E-state index is 12.3. The van der Waals surface area contributed by atoms with Gasteiger partial charge in [-0.2, -0.15) is 8.42 Å². The number of sulfonamides is 1. The smallest absolute Gasteiger partial charge is 0.297 e. The molecule has 1 aliphatic rings. The minimum absolute atomic E-state index is 0.0974. The number of hydrogen-bond donors (Lipinski definition) is 2. The number of guanidine groups is 1. The first-order valence-electron chi connectivity index (χ1n) is 6.53. The van der Waals surface area contributed by atoms with Crippen LogP contribution < -0.4 is 10.6 Å². The van der Waals surface area contributed by atoms with Crippen molar-refractivity contribution in [2.24, 2.45) is 4.40 Å².